The third-order valence-electron chi connectivity index (χ3n) is 6.16. The number of nitrogens with zero attached hydrogens (tertiary/aromatic N) is 5. The SMILES string of the molecule is Cc1nn(Cc2ccc(C(=O)N3CCN(c4cccc(C(F)(F)F)c4)CC3)cc2)c(C)c1[N+](=O)[O-]. The summed E-state index contributed by atoms with van der Waals surface area (Å²) >= 11 is 0. The predicted octanol–water partition coefficient (Wildman–Crippen LogP) is 4.44. The Morgan fingerprint density at radius 2 is 1.71 bits per heavy atom. The lowest BCUT2D eigenvalue weighted by Gasteiger charge is -2.36. The van der Waals surface area contributed by atoms with Crippen molar-refractivity contribution >= 4 is 17.3 Å². The molecule has 35 heavy (non-hydrogen) atoms. The first-order valence-corrected chi connectivity index (χ1v) is 11.0. The summed E-state index contributed by atoms with van der Waals surface area (Å²) < 4.78 is 40.6. The maximum Gasteiger partial charge on any atom is 0.416 e. The monoisotopic (exact) mass is 487 g/mol. The number of aryl methyl sites for hydroxylation is 1. The van der Waals surface area contributed by atoms with Gasteiger partial charge in [-0.05, 0) is 49.7 Å². The molecule has 0 unspecified atom stereocenters. The van der Waals surface area contributed by atoms with E-state index >= 15 is 0 Å². The van der Waals surface area contributed by atoms with Crippen molar-refractivity contribution in [1.29, 1.82) is 0 Å². The van der Waals surface area contributed by atoms with Gasteiger partial charge in [0.2, 0.25) is 0 Å². The fourth-order valence-electron chi connectivity index (χ4n) is 4.26. The zero-order valence-electron chi connectivity index (χ0n) is 19.2. The van der Waals surface area contributed by atoms with E-state index in [1.165, 1.54) is 6.07 Å². The second kappa shape index (κ2) is 9.40. The second-order valence-corrected chi connectivity index (χ2v) is 8.46. The highest BCUT2D eigenvalue weighted by Crippen LogP contribution is 2.32. The van der Waals surface area contributed by atoms with E-state index in [0.29, 0.717) is 55.4 Å². The molecule has 1 aliphatic rings. The summed E-state index contributed by atoms with van der Waals surface area (Å²) in [7, 11) is 0. The molecule has 0 saturated carbocycles. The molecule has 0 N–H and O–H groups in total. The molecule has 0 spiro atoms. The first-order valence-electron chi connectivity index (χ1n) is 11.0. The largest absolute Gasteiger partial charge is 0.416 e. The molecular weight excluding hydrogens is 463 g/mol. The van der Waals surface area contributed by atoms with Crippen LogP contribution >= 0.6 is 0 Å². The maximum absolute atomic E-state index is 13.0. The van der Waals surface area contributed by atoms with Crippen LogP contribution in [0, 0.1) is 24.0 Å². The molecular formula is C24H24F3N5O3. The maximum atomic E-state index is 13.0. The number of hydrogen-bond acceptors (Lipinski definition) is 5. The number of hydrogen-bond donors (Lipinski definition) is 0. The number of carbonyl (C=O) groups excluding carboxylic acids is 1. The van der Waals surface area contributed by atoms with Gasteiger partial charge >= 0.3 is 11.9 Å². The van der Waals surface area contributed by atoms with Crippen molar-refractivity contribution in [3.05, 3.63) is 86.7 Å². The number of carbonyl (C=O) groups is 1. The molecule has 0 atom stereocenters. The molecule has 2 aromatic carbocycles. The van der Waals surface area contributed by atoms with Crippen molar-refractivity contribution < 1.29 is 22.9 Å². The summed E-state index contributed by atoms with van der Waals surface area (Å²) in [6, 6.07) is 12.2. The van der Waals surface area contributed by atoms with Gasteiger partial charge in [-0.1, -0.05) is 18.2 Å². The van der Waals surface area contributed by atoms with Crippen molar-refractivity contribution in [2.45, 2.75) is 26.6 Å². The number of piperazine rings is 1. The average Bonchev–Trinajstić information content (AvgIpc) is 3.11. The molecule has 1 aliphatic heterocycles. The fraction of sp³-hybridized carbons (Fsp3) is 0.333. The van der Waals surface area contributed by atoms with Crippen LogP contribution in [-0.2, 0) is 12.7 Å². The second-order valence-electron chi connectivity index (χ2n) is 8.46. The third kappa shape index (κ3) is 5.13. The fourth-order valence-corrected chi connectivity index (χ4v) is 4.26. The standard InChI is InChI=1S/C24H24F3N5O3/c1-16-22(32(34)35)17(2)31(28-16)15-18-6-8-19(9-7-18)23(33)30-12-10-29(11-13-30)21-5-3-4-20(14-21)24(25,26)27/h3-9,14H,10-13,15H2,1-2H3. The highest BCUT2D eigenvalue weighted by Gasteiger charge is 2.31. The van der Waals surface area contributed by atoms with Gasteiger partial charge in [-0.2, -0.15) is 18.3 Å². The van der Waals surface area contributed by atoms with Crippen LogP contribution in [0.1, 0.15) is 32.9 Å². The van der Waals surface area contributed by atoms with Crippen molar-refractivity contribution in [1.82, 2.24) is 14.7 Å². The molecule has 0 radical (unpaired) electrons. The van der Waals surface area contributed by atoms with Gasteiger partial charge in [-0.3, -0.25) is 19.6 Å². The van der Waals surface area contributed by atoms with Crippen LogP contribution in [-0.4, -0.2) is 51.7 Å². The van der Waals surface area contributed by atoms with Crippen LogP contribution in [0.25, 0.3) is 0 Å². The number of nitro groups is 1. The van der Waals surface area contributed by atoms with Gasteiger partial charge in [-0.15, -0.1) is 0 Å². The Morgan fingerprint density at radius 3 is 2.29 bits per heavy atom. The molecule has 2 heterocycles. The van der Waals surface area contributed by atoms with E-state index in [-0.39, 0.29) is 11.6 Å². The summed E-state index contributed by atoms with van der Waals surface area (Å²) in [5.41, 5.74) is 1.96. The van der Waals surface area contributed by atoms with Crippen LogP contribution in [0.3, 0.4) is 0 Å². The molecule has 4 rings (SSSR count). The van der Waals surface area contributed by atoms with Crippen molar-refractivity contribution in [2.24, 2.45) is 0 Å². The topological polar surface area (TPSA) is 84.5 Å². The lowest BCUT2D eigenvalue weighted by atomic mass is 10.1. The first kappa shape index (κ1) is 24.2. The van der Waals surface area contributed by atoms with Gasteiger partial charge in [0.1, 0.15) is 11.4 Å². The number of benzene rings is 2. The van der Waals surface area contributed by atoms with E-state index in [0.717, 1.165) is 17.7 Å². The third-order valence-corrected chi connectivity index (χ3v) is 6.16. The number of rotatable bonds is 5. The molecule has 0 bridgehead atoms. The van der Waals surface area contributed by atoms with E-state index in [1.807, 2.05) is 4.90 Å². The number of alkyl halides is 3. The van der Waals surface area contributed by atoms with E-state index in [9.17, 15) is 28.1 Å². The minimum atomic E-state index is -4.40. The molecule has 1 saturated heterocycles. The zero-order chi connectivity index (χ0) is 25.3. The number of anilines is 1. The van der Waals surface area contributed by atoms with E-state index in [1.54, 1.807) is 53.8 Å². The van der Waals surface area contributed by atoms with Gasteiger partial charge in [0, 0.05) is 37.4 Å². The van der Waals surface area contributed by atoms with Crippen LogP contribution in [0.4, 0.5) is 24.5 Å². The Kier molecular flexibility index (Phi) is 6.51. The van der Waals surface area contributed by atoms with Gasteiger partial charge in [0.15, 0.2) is 0 Å². The Bertz CT molecular complexity index is 1250. The summed E-state index contributed by atoms with van der Waals surface area (Å²) in [6.45, 7) is 5.23. The van der Waals surface area contributed by atoms with Crippen molar-refractivity contribution in [2.75, 3.05) is 31.1 Å². The number of halogens is 3. The average molecular weight is 487 g/mol. The summed E-state index contributed by atoms with van der Waals surface area (Å²) in [5.74, 6) is -0.151. The Labute approximate surface area is 199 Å². The minimum Gasteiger partial charge on any atom is -0.368 e. The highest BCUT2D eigenvalue weighted by molar-refractivity contribution is 5.94. The lowest BCUT2D eigenvalue weighted by molar-refractivity contribution is -0.386. The van der Waals surface area contributed by atoms with Gasteiger partial charge < -0.3 is 9.80 Å². The Balaban J connectivity index is 1.38. The summed E-state index contributed by atoms with van der Waals surface area (Å²) in [4.78, 5) is 27.2. The molecule has 1 aromatic heterocycles. The van der Waals surface area contributed by atoms with Crippen molar-refractivity contribution in [3.8, 4) is 0 Å². The van der Waals surface area contributed by atoms with Gasteiger partial charge in [-0.25, -0.2) is 0 Å². The first-order chi connectivity index (χ1) is 16.5. The van der Waals surface area contributed by atoms with Gasteiger partial charge in [0.05, 0.1) is 17.0 Å². The molecule has 3 aromatic rings. The molecule has 1 amide bonds. The van der Waals surface area contributed by atoms with Crippen LogP contribution in [0.2, 0.25) is 0 Å². The predicted molar refractivity (Wildman–Crippen MR) is 123 cm³/mol. The van der Waals surface area contributed by atoms with Crippen LogP contribution < -0.4 is 4.90 Å². The van der Waals surface area contributed by atoms with E-state index in [2.05, 4.69) is 5.10 Å². The zero-order valence-corrected chi connectivity index (χ0v) is 19.2. The van der Waals surface area contributed by atoms with Gasteiger partial charge in [0.25, 0.3) is 5.91 Å². The normalized spacial score (nSPS) is 14.3. The van der Waals surface area contributed by atoms with Crippen molar-refractivity contribution in [3.63, 3.8) is 0 Å². The Morgan fingerprint density at radius 1 is 1.06 bits per heavy atom. The Hall–Kier alpha value is -3.89. The number of aromatic nitrogens is 2. The quantitative estimate of drug-likeness (QED) is 0.393. The summed E-state index contributed by atoms with van der Waals surface area (Å²) in [5, 5.41) is 15.4. The minimum absolute atomic E-state index is 0.000994. The molecule has 184 valence electrons. The van der Waals surface area contributed by atoms with E-state index in [4.69, 9.17) is 0 Å². The highest BCUT2D eigenvalue weighted by atomic mass is 19.4. The smallest absolute Gasteiger partial charge is 0.368 e. The van der Waals surface area contributed by atoms with E-state index < -0.39 is 16.7 Å². The lowest BCUT2D eigenvalue weighted by Crippen LogP contribution is -2.48. The molecule has 0 aliphatic carbocycles. The molecule has 8 nitrogen and oxygen atoms in total. The van der Waals surface area contributed by atoms with Crippen LogP contribution in [0.5, 0.6) is 0 Å². The summed E-state index contributed by atoms with van der Waals surface area (Å²) in [6.07, 6.45) is -4.40. The van der Waals surface area contributed by atoms with Crippen LogP contribution in [0.15, 0.2) is 48.5 Å². The number of amides is 1. The molecule has 11 heteroatoms. The molecule has 1 fully saturated rings.